The minimum Gasteiger partial charge on any atom is -0.345 e. The molecule has 2 aromatic heterocycles. The standard InChI is InChI=1S/C10H8F3N5O/c11-10(12,13)6-1-2-14-7(3-6)4-15-9(19)8-5-16-18-17-8/h1-3,5H,4H2,(H,15,19)(H,16,17,18). The van der Waals surface area contributed by atoms with Crippen LogP contribution in [0.3, 0.4) is 0 Å². The first kappa shape index (κ1) is 13.0. The molecular formula is C10H8F3N5O. The van der Waals surface area contributed by atoms with Crippen LogP contribution in [0, 0.1) is 0 Å². The van der Waals surface area contributed by atoms with Crippen molar-refractivity contribution in [2.45, 2.75) is 12.7 Å². The SMILES string of the molecule is O=C(NCc1cc(C(F)(F)F)ccn1)c1cn[nH]n1. The number of halogens is 3. The molecule has 100 valence electrons. The first-order chi connectivity index (χ1) is 8.97. The van der Waals surface area contributed by atoms with Crippen LogP contribution in [0.4, 0.5) is 13.2 Å². The minimum atomic E-state index is -4.44. The van der Waals surface area contributed by atoms with Crippen LogP contribution in [0.2, 0.25) is 0 Å². The smallest absolute Gasteiger partial charge is 0.345 e. The van der Waals surface area contributed by atoms with E-state index in [-0.39, 0.29) is 17.9 Å². The number of pyridine rings is 1. The number of alkyl halides is 3. The Morgan fingerprint density at radius 1 is 1.42 bits per heavy atom. The fraction of sp³-hybridized carbons (Fsp3) is 0.200. The van der Waals surface area contributed by atoms with E-state index in [4.69, 9.17) is 0 Å². The molecule has 9 heteroatoms. The molecule has 19 heavy (non-hydrogen) atoms. The zero-order chi connectivity index (χ0) is 13.9. The average Bonchev–Trinajstić information content (AvgIpc) is 2.89. The number of aromatic amines is 1. The van der Waals surface area contributed by atoms with Gasteiger partial charge in [0.2, 0.25) is 0 Å². The lowest BCUT2D eigenvalue weighted by atomic mass is 10.2. The monoisotopic (exact) mass is 271 g/mol. The highest BCUT2D eigenvalue weighted by Gasteiger charge is 2.30. The highest BCUT2D eigenvalue weighted by atomic mass is 19.4. The fourth-order valence-corrected chi connectivity index (χ4v) is 1.32. The van der Waals surface area contributed by atoms with Gasteiger partial charge in [0.05, 0.1) is 24.0 Å². The second-order valence-electron chi connectivity index (χ2n) is 3.57. The van der Waals surface area contributed by atoms with E-state index in [1.54, 1.807) is 0 Å². The van der Waals surface area contributed by atoms with Crippen LogP contribution in [-0.4, -0.2) is 26.3 Å². The third-order valence-electron chi connectivity index (χ3n) is 2.22. The number of aromatic nitrogens is 4. The van der Waals surface area contributed by atoms with Crippen LogP contribution in [0.1, 0.15) is 21.7 Å². The van der Waals surface area contributed by atoms with Crippen molar-refractivity contribution in [2.75, 3.05) is 0 Å². The molecule has 0 atom stereocenters. The summed E-state index contributed by atoms with van der Waals surface area (Å²) in [5.74, 6) is -0.548. The molecule has 0 spiro atoms. The molecule has 0 aromatic carbocycles. The van der Waals surface area contributed by atoms with E-state index in [0.29, 0.717) is 0 Å². The van der Waals surface area contributed by atoms with E-state index >= 15 is 0 Å². The van der Waals surface area contributed by atoms with Crippen LogP contribution in [0.5, 0.6) is 0 Å². The first-order valence-corrected chi connectivity index (χ1v) is 5.13. The number of nitrogens with one attached hydrogen (secondary N) is 2. The molecule has 0 saturated carbocycles. The normalized spacial score (nSPS) is 11.3. The second kappa shape index (κ2) is 5.04. The summed E-state index contributed by atoms with van der Waals surface area (Å²) in [6.45, 7) is -0.129. The Kier molecular flexibility index (Phi) is 3.45. The molecule has 0 unspecified atom stereocenters. The van der Waals surface area contributed by atoms with Gasteiger partial charge in [-0.15, -0.1) is 0 Å². The van der Waals surface area contributed by atoms with Crippen molar-refractivity contribution in [1.82, 2.24) is 25.7 Å². The van der Waals surface area contributed by atoms with Gasteiger partial charge in [0.25, 0.3) is 5.91 Å². The average molecular weight is 271 g/mol. The summed E-state index contributed by atoms with van der Waals surface area (Å²) in [5.41, 5.74) is -0.660. The lowest BCUT2D eigenvalue weighted by Crippen LogP contribution is -2.24. The molecule has 0 aliphatic heterocycles. The molecule has 2 heterocycles. The van der Waals surface area contributed by atoms with Gasteiger partial charge >= 0.3 is 6.18 Å². The Morgan fingerprint density at radius 3 is 2.84 bits per heavy atom. The number of carbonyl (C=O) groups excluding carboxylic acids is 1. The Hall–Kier alpha value is -2.45. The fourth-order valence-electron chi connectivity index (χ4n) is 1.32. The van der Waals surface area contributed by atoms with Crippen molar-refractivity contribution in [3.05, 3.63) is 41.5 Å². The van der Waals surface area contributed by atoms with Gasteiger partial charge in [-0.1, -0.05) is 0 Å². The summed E-state index contributed by atoms with van der Waals surface area (Å²) in [6.07, 6.45) is -2.19. The van der Waals surface area contributed by atoms with E-state index in [1.807, 2.05) is 0 Å². The van der Waals surface area contributed by atoms with Crippen molar-refractivity contribution in [3.8, 4) is 0 Å². The summed E-state index contributed by atoms with van der Waals surface area (Å²) >= 11 is 0. The van der Waals surface area contributed by atoms with Gasteiger partial charge in [-0.25, -0.2) is 0 Å². The van der Waals surface area contributed by atoms with Gasteiger partial charge in [-0.3, -0.25) is 9.78 Å². The molecule has 2 aromatic rings. The highest BCUT2D eigenvalue weighted by Crippen LogP contribution is 2.28. The lowest BCUT2D eigenvalue weighted by Gasteiger charge is -2.08. The van der Waals surface area contributed by atoms with Gasteiger partial charge in [-0.05, 0) is 12.1 Å². The van der Waals surface area contributed by atoms with Gasteiger partial charge in [0.1, 0.15) is 0 Å². The number of carbonyl (C=O) groups is 1. The van der Waals surface area contributed by atoms with Crippen LogP contribution in [-0.2, 0) is 12.7 Å². The molecule has 1 amide bonds. The third-order valence-corrected chi connectivity index (χ3v) is 2.22. The molecule has 0 radical (unpaired) electrons. The molecule has 0 aliphatic rings. The van der Waals surface area contributed by atoms with Crippen molar-refractivity contribution in [2.24, 2.45) is 0 Å². The number of amides is 1. The topological polar surface area (TPSA) is 83.6 Å². The Bertz CT molecular complexity index is 567. The number of hydrogen-bond acceptors (Lipinski definition) is 4. The summed E-state index contributed by atoms with van der Waals surface area (Å²) < 4.78 is 37.4. The maximum absolute atomic E-state index is 12.5. The Morgan fingerprint density at radius 2 is 2.21 bits per heavy atom. The largest absolute Gasteiger partial charge is 0.416 e. The number of nitrogens with zero attached hydrogens (tertiary/aromatic N) is 3. The predicted octanol–water partition coefficient (Wildman–Crippen LogP) is 1.15. The summed E-state index contributed by atoms with van der Waals surface area (Å²) in [7, 11) is 0. The van der Waals surface area contributed by atoms with E-state index < -0.39 is 17.6 Å². The molecule has 0 aliphatic carbocycles. The summed E-state index contributed by atoms with van der Waals surface area (Å²) in [5, 5.41) is 11.6. The van der Waals surface area contributed by atoms with E-state index in [0.717, 1.165) is 18.3 Å². The van der Waals surface area contributed by atoms with Gasteiger partial charge in [0, 0.05) is 6.20 Å². The summed E-state index contributed by atoms with van der Waals surface area (Å²) in [6, 6.07) is 1.74. The van der Waals surface area contributed by atoms with Crippen molar-refractivity contribution < 1.29 is 18.0 Å². The molecular weight excluding hydrogens is 263 g/mol. The molecule has 0 saturated heterocycles. The van der Waals surface area contributed by atoms with Crippen LogP contribution in [0.15, 0.2) is 24.5 Å². The molecule has 0 bridgehead atoms. The first-order valence-electron chi connectivity index (χ1n) is 5.13. The molecule has 0 fully saturated rings. The zero-order valence-electron chi connectivity index (χ0n) is 9.40. The molecule has 2 rings (SSSR count). The van der Waals surface area contributed by atoms with Gasteiger partial charge < -0.3 is 5.32 Å². The maximum Gasteiger partial charge on any atom is 0.416 e. The number of hydrogen-bond donors (Lipinski definition) is 2. The molecule has 2 N–H and O–H groups in total. The Labute approximate surface area is 105 Å². The second-order valence-corrected chi connectivity index (χ2v) is 3.57. The predicted molar refractivity (Wildman–Crippen MR) is 56.8 cm³/mol. The third kappa shape index (κ3) is 3.27. The van der Waals surface area contributed by atoms with E-state index in [9.17, 15) is 18.0 Å². The van der Waals surface area contributed by atoms with E-state index in [2.05, 4.69) is 25.7 Å². The maximum atomic E-state index is 12.5. The van der Waals surface area contributed by atoms with E-state index in [1.165, 1.54) is 6.20 Å². The lowest BCUT2D eigenvalue weighted by molar-refractivity contribution is -0.137. The number of H-pyrrole nitrogens is 1. The van der Waals surface area contributed by atoms with Gasteiger partial charge in [0.15, 0.2) is 5.69 Å². The number of rotatable bonds is 3. The summed E-state index contributed by atoms with van der Waals surface area (Å²) in [4.78, 5) is 15.2. The van der Waals surface area contributed by atoms with Crippen LogP contribution < -0.4 is 5.32 Å². The molecule has 6 nitrogen and oxygen atoms in total. The van der Waals surface area contributed by atoms with Crippen molar-refractivity contribution >= 4 is 5.91 Å². The van der Waals surface area contributed by atoms with Gasteiger partial charge in [-0.2, -0.15) is 28.6 Å². The van der Waals surface area contributed by atoms with Crippen LogP contribution >= 0.6 is 0 Å². The zero-order valence-corrected chi connectivity index (χ0v) is 9.40. The van der Waals surface area contributed by atoms with Crippen molar-refractivity contribution in [3.63, 3.8) is 0 Å². The highest BCUT2D eigenvalue weighted by molar-refractivity contribution is 5.91. The minimum absolute atomic E-state index is 0.0481. The van der Waals surface area contributed by atoms with Crippen LogP contribution in [0.25, 0.3) is 0 Å². The Balaban J connectivity index is 2.02. The van der Waals surface area contributed by atoms with Crippen molar-refractivity contribution in [1.29, 1.82) is 0 Å². The quantitative estimate of drug-likeness (QED) is 0.877.